The molecule has 5 aliphatic carbocycles. The third kappa shape index (κ3) is 29.9. The first-order valence-electron chi connectivity index (χ1n) is 45.8. The van der Waals surface area contributed by atoms with Crippen molar-refractivity contribution in [3.63, 3.8) is 0 Å². The fourth-order valence-corrected chi connectivity index (χ4v) is 16.6. The lowest BCUT2D eigenvalue weighted by atomic mass is 9.73. The van der Waals surface area contributed by atoms with Crippen LogP contribution in [0.3, 0.4) is 0 Å². The summed E-state index contributed by atoms with van der Waals surface area (Å²) in [5.41, 5.74) is 8.86. The molecule has 694 valence electrons. The summed E-state index contributed by atoms with van der Waals surface area (Å²) in [6.45, 7) is 46.9. The summed E-state index contributed by atoms with van der Waals surface area (Å²) in [6, 6.07) is 0.116. The summed E-state index contributed by atoms with van der Waals surface area (Å²) in [5, 5.41) is 41.2. The lowest BCUT2D eigenvalue weighted by Crippen LogP contribution is -2.55. The van der Waals surface area contributed by atoms with Gasteiger partial charge in [0.2, 0.25) is 0 Å². The molecule has 0 bridgehead atoms. The summed E-state index contributed by atoms with van der Waals surface area (Å²) < 4.78 is 32.0. The number of carbonyl (C=O) groups is 10. The second-order valence-corrected chi connectivity index (χ2v) is 40.3. The molecule has 8 unspecified atom stereocenters. The Bertz CT molecular complexity index is 3900. The number of H-pyrrole nitrogens is 3. The van der Waals surface area contributed by atoms with Gasteiger partial charge in [0.1, 0.15) is 56.9 Å². The molecule has 30 nitrogen and oxygen atoms in total. The lowest BCUT2D eigenvalue weighted by molar-refractivity contribution is -0.143. The molecular weight excluding hydrogens is 1570 g/mol. The molecule has 5 amide bonds. The number of fused-ring (bicyclic) bond motifs is 3. The highest BCUT2D eigenvalue weighted by atomic mass is 16.6. The van der Waals surface area contributed by atoms with E-state index >= 15 is 0 Å². The number of Topliss-reactive ketones (excluding diaryl/α,β-unsaturated/α-hetero) is 5. The standard InChI is InChI=1S/2C16H25N3O2.2C16H25NO4.C11H17N3.C11H19NO3.C4H8O.C2H6O.CH4O/c1-10-8-13-12(14(18-17-13)11-6-5-7-11)9-19(10)15(20)21-16(2,3)4;1-10-13-12(17-18-14(13)11-6-5-7-11)8-9-19(10)15(20)21-16(2,3)4;1-10-8-13(18)12(14(19)11-6-5-7-11)9-17(10)15(20)21-16(2,3)4;1-10-13(14(19)11-6-5-7-11)12(18)8-9-17(10)15(20)21-16(2,3)4;1-7-5-10-9(6-12-7)11(14-13-10)8-3-2-4-8;1-8-7-9(13)5-6-12(8)10(14)15-11(2,3)4;1-2-4-5-3-1;1-2-3;1-2/h2*10-11H,5-9H2,1-4H3,(H,17,18);10-12H,5-9H2,1-4H3;10-11,13H,5-9H2,1-4H3;7-8,12H,2-6H2,1H3,(H,13,14);8H,5-7H2,1-4H3;1-4H2;3H,2H2,1H3;2H,1H3. The molecule has 0 spiro atoms. The van der Waals surface area contributed by atoms with Crippen LogP contribution in [0.1, 0.15) is 362 Å². The van der Waals surface area contributed by atoms with Crippen molar-refractivity contribution in [3.8, 4) is 0 Å². The van der Waals surface area contributed by atoms with Gasteiger partial charge in [-0.05, 0) is 229 Å². The van der Waals surface area contributed by atoms with Crippen molar-refractivity contribution in [2.75, 3.05) is 53.1 Å². The van der Waals surface area contributed by atoms with E-state index in [4.69, 9.17) is 38.6 Å². The van der Waals surface area contributed by atoms with Crippen LogP contribution >= 0.6 is 0 Å². The smallest absolute Gasteiger partial charge is 0.410 e. The zero-order valence-electron chi connectivity index (χ0n) is 78.8. The summed E-state index contributed by atoms with van der Waals surface area (Å²) in [4.78, 5) is 130. The van der Waals surface area contributed by atoms with E-state index in [1.54, 1.807) is 18.7 Å². The lowest BCUT2D eigenvalue weighted by Gasteiger charge is -2.40. The molecule has 12 aliphatic rings. The van der Waals surface area contributed by atoms with Crippen LogP contribution in [0.5, 0.6) is 0 Å². The maximum absolute atomic E-state index is 12.5. The number of aromatic nitrogens is 6. The van der Waals surface area contributed by atoms with Crippen molar-refractivity contribution in [2.45, 2.75) is 402 Å². The van der Waals surface area contributed by atoms with Crippen LogP contribution in [0.15, 0.2) is 0 Å². The van der Waals surface area contributed by atoms with Crippen molar-refractivity contribution in [1.29, 1.82) is 0 Å². The monoisotopic (exact) mass is 1730 g/mol. The number of aliphatic hydroxyl groups is 2. The van der Waals surface area contributed by atoms with Gasteiger partial charge in [0.15, 0.2) is 0 Å². The van der Waals surface area contributed by atoms with Crippen LogP contribution in [0.4, 0.5) is 24.0 Å². The number of rotatable bonds is 7. The van der Waals surface area contributed by atoms with Gasteiger partial charge in [-0.2, -0.15) is 15.3 Å². The average Bonchev–Trinajstić information content (AvgIpc) is 1.57. The zero-order chi connectivity index (χ0) is 91.4. The first kappa shape index (κ1) is 102. The maximum Gasteiger partial charge on any atom is 0.410 e. The quantitative estimate of drug-likeness (QED) is 0.0945. The molecule has 3 aromatic heterocycles. The number of hydrogen-bond donors (Lipinski definition) is 6. The van der Waals surface area contributed by atoms with Crippen molar-refractivity contribution < 1.29 is 86.6 Å². The number of nitrogens with one attached hydrogen (secondary N) is 4. The molecular formula is C93H154N12O18. The van der Waals surface area contributed by atoms with Crippen LogP contribution in [-0.4, -0.2) is 236 Å². The maximum atomic E-state index is 12.5. The van der Waals surface area contributed by atoms with E-state index in [1.807, 2.05) is 128 Å². The first-order chi connectivity index (χ1) is 57.7. The molecule has 123 heavy (non-hydrogen) atoms. The van der Waals surface area contributed by atoms with Crippen LogP contribution < -0.4 is 5.32 Å². The predicted octanol–water partition coefficient (Wildman–Crippen LogP) is 16.1. The number of carbonyl (C=O) groups excluding carboxylic acids is 10. The van der Waals surface area contributed by atoms with Crippen molar-refractivity contribution in [1.82, 2.24) is 60.4 Å². The Morgan fingerprint density at radius 1 is 0.439 bits per heavy atom. The normalized spacial score (nSPS) is 24.1. The topological polar surface area (TPSA) is 381 Å². The molecule has 3 aromatic rings. The minimum atomic E-state index is -0.670. The number of aliphatic hydroxyl groups excluding tert-OH is 2. The molecule has 6 N–H and O–H groups in total. The summed E-state index contributed by atoms with van der Waals surface area (Å²) in [6.07, 6.45) is 22.2. The third-order valence-electron chi connectivity index (χ3n) is 24.4. The predicted molar refractivity (Wildman–Crippen MR) is 469 cm³/mol. The van der Waals surface area contributed by atoms with E-state index in [0.29, 0.717) is 56.9 Å². The molecule has 15 rings (SSSR count). The average molecular weight is 1730 g/mol. The highest BCUT2D eigenvalue weighted by molar-refractivity contribution is 6.06. The van der Waals surface area contributed by atoms with Gasteiger partial charge in [-0.15, -0.1) is 0 Å². The van der Waals surface area contributed by atoms with E-state index in [-0.39, 0.29) is 109 Å². The SMILES string of the molecule is C1CCOC1.CC1C(C(=O)C2CCC2)C(=O)CCN1C(=O)OC(C)(C)C.CC1CC(=O)C(C(=O)C2CCC2)CN1C(=O)OC(C)(C)C.CC1CC(=O)CCN1C(=O)OC(C)(C)C.CC1Cc2[nH]nc(C3CCC3)c2CN1.CC1Cc2[nH]nc(C3CCC3)c2CN1C(=O)OC(C)(C)C.CC1c2c(C3CCC3)n[nH]c2CCN1C(=O)OC(C)(C)C.CCO.CO. The van der Waals surface area contributed by atoms with Crippen molar-refractivity contribution in [2.24, 2.45) is 23.7 Å². The highest BCUT2D eigenvalue weighted by Crippen LogP contribution is 2.44. The summed E-state index contributed by atoms with van der Waals surface area (Å²) in [5.74, 6) is 0.831. The highest BCUT2D eigenvalue weighted by Gasteiger charge is 2.47. The van der Waals surface area contributed by atoms with Gasteiger partial charge in [-0.25, -0.2) is 24.0 Å². The second kappa shape index (κ2) is 45.5. The number of piperidine rings is 3. The molecule has 10 heterocycles. The molecule has 7 aliphatic heterocycles. The Hall–Kier alpha value is -7.83. The number of ether oxygens (including phenoxy) is 6. The number of hydrogen-bond acceptors (Lipinski definition) is 22. The van der Waals surface area contributed by atoms with Gasteiger partial charge in [0, 0.05) is 198 Å². The van der Waals surface area contributed by atoms with Crippen LogP contribution in [0, 0.1) is 23.7 Å². The third-order valence-corrected chi connectivity index (χ3v) is 24.4. The summed E-state index contributed by atoms with van der Waals surface area (Å²) >= 11 is 0. The number of ketones is 5. The molecule has 0 aromatic carbocycles. The molecule has 30 heteroatoms. The Labute approximate surface area is 732 Å². The Morgan fingerprint density at radius 2 is 0.829 bits per heavy atom. The Morgan fingerprint density at radius 3 is 1.28 bits per heavy atom. The van der Waals surface area contributed by atoms with Crippen molar-refractivity contribution in [3.05, 3.63) is 50.9 Å². The van der Waals surface area contributed by atoms with Crippen molar-refractivity contribution >= 4 is 59.4 Å². The van der Waals surface area contributed by atoms with E-state index in [9.17, 15) is 47.9 Å². The van der Waals surface area contributed by atoms with Gasteiger partial charge in [-0.1, -0.05) is 32.1 Å². The molecule has 4 saturated heterocycles. The number of nitrogens with zero attached hydrogens (tertiary/aromatic N) is 8. The first-order valence-corrected chi connectivity index (χ1v) is 45.8. The molecule has 5 saturated carbocycles. The van der Waals surface area contributed by atoms with Gasteiger partial charge >= 0.3 is 30.5 Å². The molecule has 8 atom stereocenters. The Balaban J connectivity index is 0.000000199. The van der Waals surface area contributed by atoms with E-state index in [2.05, 4.69) is 56.7 Å². The minimum absolute atomic E-state index is 0.0139. The minimum Gasteiger partial charge on any atom is -0.444 e. The van der Waals surface area contributed by atoms with Gasteiger partial charge < -0.3 is 68.5 Å². The number of aromatic amines is 3. The largest absolute Gasteiger partial charge is 0.444 e. The van der Waals surface area contributed by atoms with E-state index in [1.165, 1.54) is 131 Å². The second-order valence-electron chi connectivity index (χ2n) is 40.3. The van der Waals surface area contributed by atoms with E-state index in [0.717, 1.165) is 90.6 Å². The molecule has 0 radical (unpaired) electrons. The van der Waals surface area contributed by atoms with Gasteiger partial charge in [-0.3, -0.25) is 39.3 Å². The van der Waals surface area contributed by atoms with Crippen LogP contribution in [-0.2, 0) is 84.7 Å². The summed E-state index contributed by atoms with van der Waals surface area (Å²) in [7, 11) is 1.00. The van der Waals surface area contributed by atoms with Gasteiger partial charge in [0.25, 0.3) is 0 Å². The van der Waals surface area contributed by atoms with Crippen LogP contribution in [0.25, 0.3) is 0 Å². The number of likely N-dealkylation sites (tertiary alicyclic amines) is 3. The fraction of sp³-hybridized carbons (Fsp3) is 0.796. The molecule has 9 fully saturated rings. The Kier molecular flexibility index (Phi) is 37.9. The number of amides is 5. The fourth-order valence-electron chi connectivity index (χ4n) is 16.6. The van der Waals surface area contributed by atoms with Gasteiger partial charge in [0.05, 0.1) is 41.5 Å². The zero-order valence-corrected chi connectivity index (χ0v) is 78.8. The van der Waals surface area contributed by atoms with E-state index < -0.39 is 58.1 Å². The van der Waals surface area contributed by atoms with Crippen LogP contribution in [0.2, 0.25) is 0 Å².